The van der Waals surface area contributed by atoms with Crippen LogP contribution in [0.1, 0.15) is 12.5 Å². The number of anilines is 1. The maximum Gasteiger partial charge on any atom is 0.418 e. The van der Waals surface area contributed by atoms with Gasteiger partial charge in [-0.1, -0.05) is 17.7 Å². The number of halogens is 4. The molecule has 0 aromatic heterocycles. The number of carbonyl (C=O) groups excluding carboxylic acids is 1. The molecule has 0 unspecified atom stereocenters. The van der Waals surface area contributed by atoms with Crippen LogP contribution in [0.2, 0.25) is 5.02 Å². The van der Waals surface area contributed by atoms with Crippen molar-refractivity contribution >= 4 is 35.0 Å². The maximum absolute atomic E-state index is 13.0. The first kappa shape index (κ1) is 22.2. The largest absolute Gasteiger partial charge is 0.494 e. The van der Waals surface area contributed by atoms with E-state index in [1.165, 1.54) is 23.9 Å². The Balaban J connectivity index is 1.76. The molecule has 152 valence electrons. The highest BCUT2D eigenvalue weighted by Gasteiger charge is 2.34. The van der Waals surface area contributed by atoms with E-state index in [2.05, 4.69) is 5.32 Å². The van der Waals surface area contributed by atoms with Gasteiger partial charge in [0.05, 0.1) is 35.2 Å². The number of alkyl halides is 3. The van der Waals surface area contributed by atoms with Gasteiger partial charge in [0.1, 0.15) is 11.5 Å². The molecule has 2 aromatic rings. The minimum absolute atomic E-state index is 0.0187. The second kappa shape index (κ2) is 10.5. The van der Waals surface area contributed by atoms with Crippen molar-refractivity contribution in [1.29, 1.82) is 0 Å². The van der Waals surface area contributed by atoms with E-state index in [-0.39, 0.29) is 10.8 Å². The predicted molar refractivity (Wildman–Crippen MR) is 106 cm³/mol. The van der Waals surface area contributed by atoms with Gasteiger partial charge in [-0.3, -0.25) is 4.79 Å². The van der Waals surface area contributed by atoms with Crippen molar-refractivity contribution in [1.82, 2.24) is 0 Å². The Bertz CT molecular complexity index is 785. The zero-order chi connectivity index (χ0) is 20.6. The normalized spacial score (nSPS) is 11.2. The average Bonchev–Trinajstić information content (AvgIpc) is 2.64. The van der Waals surface area contributed by atoms with Crippen LogP contribution in [-0.4, -0.2) is 30.6 Å². The van der Waals surface area contributed by atoms with Crippen LogP contribution in [0.4, 0.5) is 18.9 Å². The molecular weight excluding hydrogens is 415 g/mol. The number of ether oxygens (including phenoxy) is 2. The smallest absolute Gasteiger partial charge is 0.418 e. The SMILES string of the molecule is CCOc1ccc(OCCSCC(=O)Nc2c(Cl)cccc2C(F)(F)F)cc1. The van der Waals surface area contributed by atoms with Crippen molar-refractivity contribution in [2.45, 2.75) is 13.1 Å². The number of thioether (sulfide) groups is 1. The molecule has 9 heteroatoms. The number of nitrogens with one attached hydrogen (secondary N) is 1. The molecule has 0 bridgehead atoms. The fraction of sp³-hybridized carbons (Fsp3) is 0.316. The van der Waals surface area contributed by atoms with E-state index in [4.69, 9.17) is 21.1 Å². The van der Waals surface area contributed by atoms with E-state index < -0.39 is 23.3 Å². The number of para-hydroxylation sites is 1. The molecule has 0 aliphatic heterocycles. The van der Waals surface area contributed by atoms with Crippen molar-refractivity contribution < 1.29 is 27.4 Å². The average molecular weight is 434 g/mol. The van der Waals surface area contributed by atoms with Crippen LogP contribution in [0.15, 0.2) is 42.5 Å². The van der Waals surface area contributed by atoms with E-state index in [1.54, 1.807) is 24.3 Å². The molecule has 0 heterocycles. The number of rotatable bonds is 9. The zero-order valence-corrected chi connectivity index (χ0v) is 16.6. The van der Waals surface area contributed by atoms with Gasteiger partial charge in [0.15, 0.2) is 0 Å². The van der Waals surface area contributed by atoms with E-state index in [1.807, 2.05) is 6.92 Å². The lowest BCUT2D eigenvalue weighted by molar-refractivity contribution is -0.137. The second-order valence-corrected chi connectivity index (χ2v) is 7.03. The van der Waals surface area contributed by atoms with Gasteiger partial charge < -0.3 is 14.8 Å². The number of benzene rings is 2. The second-order valence-electron chi connectivity index (χ2n) is 5.51. The summed E-state index contributed by atoms with van der Waals surface area (Å²) in [7, 11) is 0. The van der Waals surface area contributed by atoms with E-state index in [0.717, 1.165) is 11.8 Å². The fourth-order valence-corrected chi connectivity index (χ4v) is 3.07. The first-order valence-electron chi connectivity index (χ1n) is 8.40. The van der Waals surface area contributed by atoms with Gasteiger partial charge >= 0.3 is 6.18 Å². The summed E-state index contributed by atoms with van der Waals surface area (Å²) in [6.07, 6.45) is -4.60. The summed E-state index contributed by atoms with van der Waals surface area (Å²) < 4.78 is 49.9. The van der Waals surface area contributed by atoms with Gasteiger partial charge in [-0.25, -0.2) is 0 Å². The lowest BCUT2D eigenvalue weighted by Gasteiger charge is -2.15. The minimum atomic E-state index is -4.60. The van der Waals surface area contributed by atoms with Gasteiger partial charge in [0, 0.05) is 5.75 Å². The lowest BCUT2D eigenvalue weighted by Crippen LogP contribution is -2.19. The summed E-state index contributed by atoms with van der Waals surface area (Å²) in [5.41, 5.74) is -1.40. The Morgan fingerprint density at radius 1 is 1.11 bits per heavy atom. The highest BCUT2D eigenvalue weighted by molar-refractivity contribution is 7.99. The van der Waals surface area contributed by atoms with Crippen molar-refractivity contribution in [3.63, 3.8) is 0 Å². The first-order chi connectivity index (χ1) is 13.3. The molecule has 0 radical (unpaired) electrons. The molecule has 0 aliphatic carbocycles. The van der Waals surface area contributed by atoms with Crippen molar-refractivity contribution in [3.8, 4) is 11.5 Å². The van der Waals surface area contributed by atoms with Crippen LogP contribution in [-0.2, 0) is 11.0 Å². The topological polar surface area (TPSA) is 47.6 Å². The molecule has 0 saturated heterocycles. The zero-order valence-electron chi connectivity index (χ0n) is 15.0. The van der Waals surface area contributed by atoms with Gasteiger partial charge in [-0.05, 0) is 43.3 Å². The molecular formula is C19H19ClF3NO3S. The number of hydrogen-bond donors (Lipinski definition) is 1. The standard InChI is InChI=1S/C19H19ClF3NO3S/c1-2-26-13-6-8-14(9-7-13)27-10-11-28-12-17(25)24-18-15(19(21,22)23)4-3-5-16(18)20/h3-9H,2,10-12H2,1H3,(H,24,25). The fourth-order valence-electron chi connectivity index (χ4n) is 2.24. The van der Waals surface area contributed by atoms with Crippen LogP contribution in [0.25, 0.3) is 0 Å². The van der Waals surface area contributed by atoms with Crippen molar-refractivity contribution in [2.24, 2.45) is 0 Å². The highest BCUT2D eigenvalue weighted by atomic mass is 35.5. The Hall–Kier alpha value is -2.06. The van der Waals surface area contributed by atoms with Crippen LogP contribution in [0.3, 0.4) is 0 Å². The Morgan fingerprint density at radius 2 is 1.75 bits per heavy atom. The van der Waals surface area contributed by atoms with Crippen molar-refractivity contribution in [2.75, 3.05) is 30.0 Å². The lowest BCUT2D eigenvalue weighted by atomic mass is 10.1. The molecule has 1 amide bonds. The molecule has 0 saturated carbocycles. The monoisotopic (exact) mass is 433 g/mol. The van der Waals surface area contributed by atoms with Crippen LogP contribution >= 0.6 is 23.4 Å². The molecule has 0 atom stereocenters. The quantitative estimate of drug-likeness (QED) is 0.530. The summed E-state index contributed by atoms with van der Waals surface area (Å²) in [6, 6.07) is 10.5. The first-order valence-corrected chi connectivity index (χ1v) is 9.93. The molecule has 1 N–H and O–H groups in total. The predicted octanol–water partition coefficient (Wildman–Crippen LogP) is 5.51. The molecule has 2 rings (SSSR count). The molecule has 0 fully saturated rings. The Kier molecular flexibility index (Phi) is 8.32. The van der Waals surface area contributed by atoms with E-state index in [0.29, 0.717) is 24.7 Å². The summed E-state index contributed by atoms with van der Waals surface area (Å²) in [5, 5.41) is 2.09. The maximum atomic E-state index is 13.0. The number of hydrogen-bond acceptors (Lipinski definition) is 4. The summed E-state index contributed by atoms with van der Waals surface area (Å²) in [5.74, 6) is 1.33. The number of amides is 1. The van der Waals surface area contributed by atoms with Gasteiger partial charge in [-0.2, -0.15) is 13.2 Å². The molecule has 0 aliphatic rings. The highest BCUT2D eigenvalue weighted by Crippen LogP contribution is 2.38. The third kappa shape index (κ3) is 6.83. The van der Waals surface area contributed by atoms with Crippen molar-refractivity contribution in [3.05, 3.63) is 53.1 Å². The number of carbonyl (C=O) groups is 1. The third-order valence-electron chi connectivity index (χ3n) is 3.45. The molecule has 4 nitrogen and oxygen atoms in total. The van der Waals surface area contributed by atoms with Gasteiger partial charge in [0.2, 0.25) is 5.91 Å². The van der Waals surface area contributed by atoms with E-state index >= 15 is 0 Å². The Morgan fingerprint density at radius 3 is 2.36 bits per heavy atom. The van der Waals surface area contributed by atoms with Crippen LogP contribution in [0, 0.1) is 0 Å². The summed E-state index contributed by atoms with van der Waals surface area (Å²) in [4.78, 5) is 12.0. The minimum Gasteiger partial charge on any atom is -0.494 e. The van der Waals surface area contributed by atoms with Gasteiger partial charge in [0.25, 0.3) is 0 Å². The van der Waals surface area contributed by atoms with E-state index in [9.17, 15) is 18.0 Å². The van der Waals surface area contributed by atoms with Crippen LogP contribution in [0.5, 0.6) is 11.5 Å². The van der Waals surface area contributed by atoms with Crippen LogP contribution < -0.4 is 14.8 Å². The molecule has 2 aromatic carbocycles. The molecule has 0 spiro atoms. The van der Waals surface area contributed by atoms with Gasteiger partial charge in [-0.15, -0.1) is 11.8 Å². The third-order valence-corrected chi connectivity index (χ3v) is 4.68. The summed E-state index contributed by atoms with van der Waals surface area (Å²) in [6.45, 7) is 2.83. The Labute approximate surface area is 170 Å². The summed E-state index contributed by atoms with van der Waals surface area (Å²) >= 11 is 7.06. The molecule has 28 heavy (non-hydrogen) atoms.